The number of hydrogen-bond donors (Lipinski definition) is 2. The Morgan fingerprint density at radius 2 is 1.92 bits per heavy atom. The van der Waals surface area contributed by atoms with E-state index < -0.39 is 17.3 Å². The van der Waals surface area contributed by atoms with Gasteiger partial charge in [0.25, 0.3) is 5.91 Å². The maximum absolute atomic E-state index is 12.1. The minimum atomic E-state index is -1.29. The zero-order chi connectivity index (χ0) is 17.2. The van der Waals surface area contributed by atoms with E-state index >= 15 is 0 Å². The third-order valence-corrected chi connectivity index (χ3v) is 4.51. The highest BCUT2D eigenvalue weighted by Crippen LogP contribution is 2.46. The first-order valence-corrected chi connectivity index (χ1v) is 8.07. The van der Waals surface area contributed by atoms with Crippen molar-refractivity contribution in [3.8, 4) is 5.75 Å². The Balaban J connectivity index is 1.57. The summed E-state index contributed by atoms with van der Waals surface area (Å²) >= 11 is 0. The highest BCUT2D eigenvalue weighted by molar-refractivity contribution is 6.10. The van der Waals surface area contributed by atoms with Crippen LogP contribution < -0.4 is 10.1 Å². The topological polar surface area (TPSA) is 95.9 Å². The molecule has 2 amide bonds. The van der Waals surface area contributed by atoms with Crippen LogP contribution in [-0.4, -0.2) is 47.5 Å². The monoisotopic (exact) mass is 332 g/mol. The second-order valence-corrected chi connectivity index (χ2v) is 6.25. The van der Waals surface area contributed by atoms with E-state index in [-0.39, 0.29) is 12.5 Å². The molecule has 24 heavy (non-hydrogen) atoms. The SMILES string of the molecule is O=C(COc1cccc(NC(=O)C2(C(=O)O)CC2)c1)N1CCCC1. The van der Waals surface area contributed by atoms with E-state index in [2.05, 4.69) is 5.32 Å². The van der Waals surface area contributed by atoms with Crippen molar-refractivity contribution in [2.24, 2.45) is 5.41 Å². The molecule has 0 spiro atoms. The molecule has 2 N–H and O–H groups in total. The number of hydrogen-bond acceptors (Lipinski definition) is 4. The van der Waals surface area contributed by atoms with Crippen LogP contribution in [-0.2, 0) is 14.4 Å². The average Bonchev–Trinajstić information content (AvgIpc) is 3.21. The molecule has 7 nitrogen and oxygen atoms in total. The van der Waals surface area contributed by atoms with Crippen LogP contribution in [0.15, 0.2) is 24.3 Å². The van der Waals surface area contributed by atoms with Crippen LogP contribution >= 0.6 is 0 Å². The van der Waals surface area contributed by atoms with Gasteiger partial charge in [-0.25, -0.2) is 0 Å². The van der Waals surface area contributed by atoms with Crippen LogP contribution in [0.25, 0.3) is 0 Å². The lowest BCUT2D eigenvalue weighted by Gasteiger charge is -2.16. The number of carbonyl (C=O) groups is 3. The first-order valence-electron chi connectivity index (χ1n) is 8.07. The molecule has 0 bridgehead atoms. The Hall–Kier alpha value is -2.57. The lowest BCUT2D eigenvalue weighted by atomic mass is 10.1. The van der Waals surface area contributed by atoms with Crippen molar-refractivity contribution in [3.63, 3.8) is 0 Å². The Bertz CT molecular complexity index is 663. The molecule has 0 radical (unpaired) electrons. The molecular formula is C17H20N2O5. The van der Waals surface area contributed by atoms with Crippen molar-refractivity contribution >= 4 is 23.5 Å². The fourth-order valence-electron chi connectivity index (χ4n) is 2.78. The Morgan fingerprint density at radius 1 is 1.21 bits per heavy atom. The van der Waals surface area contributed by atoms with Gasteiger partial charge in [-0.15, -0.1) is 0 Å². The first kappa shape index (κ1) is 16.3. The van der Waals surface area contributed by atoms with Gasteiger partial charge in [-0.2, -0.15) is 0 Å². The van der Waals surface area contributed by atoms with Crippen LogP contribution in [0.1, 0.15) is 25.7 Å². The molecule has 7 heteroatoms. The van der Waals surface area contributed by atoms with Gasteiger partial charge in [0.05, 0.1) is 0 Å². The molecule has 0 unspecified atom stereocenters. The normalized spacial score (nSPS) is 18.1. The summed E-state index contributed by atoms with van der Waals surface area (Å²) < 4.78 is 5.49. The molecule has 128 valence electrons. The van der Waals surface area contributed by atoms with Crippen molar-refractivity contribution < 1.29 is 24.2 Å². The van der Waals surface area contributed by atoms with Crippen molar-refractivity contribution in [1.29, 1.82) is 0 Å². The van der Waals surface area contributed by atoms with E-state index in [0.29, 0.717) is 24.3 Å². The van der Waals surface area contributed by atoms with Gasteiger partial charge in [0.2, 0.25) is 5.91 Å². The van der Waals surface area contributed by atoms with Gasteiger partial charge in [-0.05, 0) is 37.8 Å². The van der Waals surface area contributed by atoms with Gasteiger partial charge in [-0.1, -0.05) is 6.07 Å². The fourth-order valence-corrected chi connectivity index (χ4v) is 2.78. The number of ether oxygens (including phenoxy) is 1. The number of amides is 2. The van der Waals surface area contributed by atoms with Crippen LogP contribution in [0.5, 0.6) is 5.75 Å². The number of carboxylic acids is 1. The van der Waals surface area contributed by atoms with Crippen LogP contribution in [0.3, 0.4) is 0 Å². The van der Waals surface area contributed by atoms with Gasteiger partial charge in [0.15, 0.2) is 6.61 Å². The zero-order valence-corrected chi connectivity index (χ0v) is 13.3. The number of likely N-dealkylation sites (tertiary alicyclic amines) is 1. The van der Waals surface area contributed by atoms with Gasteiger partial charge in [0, 0.05) is 24.8 Å². The Kier molecular flexibility index (Phi) is 4.42. The third kappa shape index (κ3) is 3.34. The minimum absolute atomic E-state index is 0.0452. The van der Waals surface area contributed by atoms with Crippen LogP contribution in [0.2, 0.25) is 0 Å². The molecule has 1 aromatic carbocycles. The van der Waals surface area contributed by atoms with E-state index in [4.69, 9.17) is 9.84 Å². The Labute approximate surface area is 139 Å². The third-order valence-electron chi connectivity index (χ3n) is 4.51. The summed E-state index contributed by atoms with van der Waals surface area (Å²) in [5.74, 6) is -1.20. The number of benzene rings is 1. The lowest BCUT2D eigenvalue weighted by Crippen LogP contribution is -2.32. The van der Waals surface area contributed by atoms with E-state index in [0.717, 1.165) is 25.9 Å². The summed E-state index contributed by atoms with van der Waals surface area (Å²) in [6, 6.07) is 6.63. The number of nitrogens with one attached hydrogen (secondary N) is 1. The van der Waals surface area contributed by atoms with Crippen LogP contribution in [0.4, 0.5) is 5.69 Å². The minimum Gasteiger partial charge on any atom is -0.484 e. The Morgan fingerprint density at radius 3 is 2.54 bits per heavy atom. The fraction of sp³-hybridized carbons (Fsp3) is 0.471. The average molecular weight is 332 g/mol. The highest BCUT2D eigenvalue weighted by atomic mass is 16.5. The van der Waals surface area contributed by atoms with Gasteiger partial charge in [-0.3, -0.25) is 14.4 Å². The van der Waals surface area contributed by atoms with E-state index in [9.17, 15) is 14.4 Å². The predicted octanol–water partition coefficient (Wildman–Crippen LogP) is 1.49. The molecule has 1 saturated carbocycles. The molecule has 1 aromatic rings. The van der Waals surface area contributed by atoms with Gasteiger partial charge in [0.1, 0.15) is 11.2 Å². The summed E-state index contributed by atoms with van der Waals surface area (Å²) in [7, 11) is 0. The number of rotatable bonds is 6. The van der Waals surface area contributed by atoms with E-state index in [1.54, 1.807) is 29.2 Å². The van der Waals surface area contributed by atoms with Gasteiger partial charge < -0.3 is 20.1 Å². The summed E-state index contributed by atoms with van der Waals surface area (Å²) in [6.07, 6.45) is 2.76. The number of aliphatic carboxylic acids is 1. The molecule has 1 aliphatic heterocycles. The molecule has 1 saturated heterocycles. The maximum atomic E-state index is 12.1. The number of nitrogens with zero attached hydrogens (tertiary/aromatic N) is 1. The zero-order valence-electron chi connectivity index (χ0n) is 13.3. The highest BCUT2D eigenvalue weighted by Gasteiger charge is 2.57. The predicted molar refractivity (Wildman–Crippen MR) is 85.7 cm³/mol. The maximum Gasteiger partial charge on any atom is 0.319 e. The number of anilines is 1. The van der Waals surface area contributed by atoms with Crippen molar-refractivity contribution in [1.82, 2.24) is 4.90 Å². The summed E-state index contributed by atoms with van der Waals surface area (Å²) in [6.45, 7) is 1.50. The molecule has 2 aliphatic rings. The second kappa shape index (κ2) is 6.51. The molecule has 1 aliphatic carbocycles. The quantitative estimate of drug-likeness (QED) is 0.770. The lowest BCUT2D eigenvalue weighted by molar-refractivity contribution is -0.147. The van der Waals surface area contributed by atoms with Crippen molar-refractivity contribution in [2.75, 3.05) is 25.0 Å². The molecule has 0 atom stereocenters. The summed E-state index contributed by atoms with van der Waals surface area (Å²) in [5.41, 5.74) is -0.832. The standard InChI is InChI=1S/C17H20N2O5/c20-14(19-8-1-2-9-19)11-24-13-5-3-4-12(10-13)18-15(21)17(6-7-17)16(22)23/h3-5,10H,1-2,6-9,11H2,(H,18,21)(H,22,23). The van der Waals surface area contributed by atoms with Crippen molar-refractivity contribution in [3.05, 3.63) is 24.3 Å². The van der Waals surface area contributed by atoms with Crippen LogP contribution in [0, 0.1) is 5.41 Å². The first-order chi connectivity index (χ1) is 11.5. The smallest absolute Gasteiger partial charge is 0.319 e. The van der Waals surface area contributed by atoms with E-state index in [1.165, 1.54) is 0 Å². The van der Waals surface area contributed by atoms with Gasteiger partial charge >= 0.3 is 5.97 Å². The number of carbonyl (C=O) groups excluding carboxylic acids is 2. The molecule has 1 heterocycles. The molecular weight excluding hydrogens is 312 g/mol. The second-order valence-electron chi connectivity index (χ2n) is 6.25. The largest absolute Gasteiger partial charge is 0.484 e. The summed E-state index contributed by atoms with van der Waals surface area (Å²) in [5, 5.41) is 11.7. The van der Waals surface area contributed by atoms with E-state index in [1.807, 2.05) is 0 Å². The molecule has 3 rings (SSSR count). The summed E-state index contributed by atoms with van der Waals surface area (Å²) in [4.78, 5) is 37.0. The molecule has 2 fully saturated rings. The van der Waals surface area contributed by atoms with Crippen molar-refractivity contribution in [2.45, 2.75) is 25.7 Å². The molecule has 0 aromatic heterocycles. The number of carboxylic acid groups (broad SMARTS) is 1.